The predicted molar refractivity (Wildman–Crippen MR) is 58.0 cm³/mol. The van der Waals surface area contributed by atoms with Crippen molar-refractivity contribution in [1.29, 1.82) is 0 Å². The predicted octanol–water partition coefficient (Wildman–Crippen LogP) is 1.72. The Morgan fingerprint density at radius 1 is 1.46 bits per heavy atom. The van der Waals surface area contributed by atoms with Crippen LogP contribution in [0, 0.1) is 5.92 Å². The van der Waals surface area contributed by atoms with Crippen LogP contribution in [-0.4, -0.2) is 37.1 Å². The zero-order valence-corrected chi connectivity index (χ0v) is 9.34. The fourth-order valence-electron chi connectivity index (χ4n) is 1.82. The van der Waals surface area contributed by atoms with Gasteiger partial charge in [0.1, 0.15) is 0 Å². The molecule has 1 N–H and O–H groups in total. The van der Waals surface area contributed by atoms with Gasteiger partial charge < -0.3 is 5.32 Å². The molecule has 0 saturated carbocycles. The van der Waals surface area contributed by atoms with Crippen molar-refractivity contribution >= 4 is 0 Å². The van der Waals surface area contributed by atoms with Gasteiger partial charge in [0.15, 0.2) is 0 Å². The number of hydrogen-bond donors (Lipinski definition) is 1. The van der Waals surface area contributed by atoms with Crippen molar-refractivity contribution < 1.29 is 0 Å². The van der Waals surface area contributed by atoms with E-state index in [1.54, 1.807) is 0 Å². The van der Waals surface area contributed by atoms with Gasteiger partial charge in [-0.05, 0) is 45.3 Å². The Morgan fingerprint density at radius 3 is 2.92 bits per heavy atom. The standard InChI is InChI=1S/C11H24N2/c1-10(2)5-8-13-7-4-6-12-9-11(13)3/h10-12H,4-9H2,1-3H3. The first-order chi connectivity index (χ1) is 6.20. The van der Waals surface area contributed by atoms with Crippen molar-refractivity contribution in [2.75, 3.05) is 26.2 Å². The van der Waals surface area contributed by atoms with Crippen LogP contribution in [0.1, 0.15) is 33.6 Å². The minimum absolute atomic E-state index is 0.723. The Balaban J connectivity index is 2.27. The molecule has 0 amide bonds. The molecule has 0 radical (unpaired) electrons. The van der Waals surface area contributed by atoms with Crippen LogP contribution < -0.4 is 5.32 Å². The van der Waals surface area contributed by atoms with E-state index in [1.165, 1.54) is 32.5 Å². The molecule has 1 fully saturated rings. The molecule has 1 atom stereocenters. The monoisotopic (exact) mass is 184 g/mol. The van der Waals surface area contributed by atoms with Gasteiger partial charge in [0.05, 0.1) is 0 Å². The molecule has 1 rings (SSSR count). The molecule has 2 nitrogen and oxygen atoms in total. The lowest BCUT2D eigenvalue weighted by Gasteiger charge is -2.27. The van der Waals surface area contributed by atoms with E-state index in [0.29, 0.717) is 0 Å². The SMILES string of the molecule is CC(C)CCN1CCCNCC1C. The molecule has 1 aliphatic rings. The van der Waals surface area contributed by atoms with E-state index in [0.717, 1.165) is 18.5 Å². The Kier molecular flexibility index (Phi) is 4.74. The summed E-state index contributed by atoms with van der Waals surface area (Å²) in [6.07, 6.45) is 2.65. The van der Waals surface area contributed by atoms with Crippen molar-refractivity contribution in [1.82, 2.24) is 10.2 Å². The second-order valence-electron chi connectivity index (χ2n) is 4.63. The maximum atomic E-state index is 3.47. The summed E-state index contributed by atoms with van der Waals surface area (Å²) in [6, 6.07) is 0.723. The summed E-state index contributed by atoms with van der Waals surface area (Å²) in [4.78, 5) is 2.62. The van der Waals surface area contributed by atoms with E-state index in [4.69, 9.17) is 0 Å². The van der Waals surface area contributed by atoms with Gasteiger partial charge in [-0.25, -0.2) is 0 Å². The molecule has 1 unspecified atom stereocenters. The zero-order valence-electron chi connectivity index (χ0n) is 9.34. The summed E-state index contributed by atoms with van der Waals surface area (Å²) in [5.74, 6) is 0.836. The quantitative estimate of drug-likeness (QED) is 0.718. The molecule has 13 heavy (non-hydrogen) atoms. The highest BCUT2D eigenvalue weighted by molar-refractivity contribution is 4.74. The second-order valence-corrected chi connectivity index (χ2v) is 4.63. The summed E-state index contributed by atoms with van der Waals surface area (Å²) < 4.78 is 0. The fraction of sp³-hybridized carbons (Fsp3) is 1.00. The van der Waals surface area contributed by atoms with Gasteiger partial charge in [-0.2, -0.15) is 0 Å². The van der Waals surface area contributed by atoms with Crippen molar-refractivity contribution in [3.05, 3.63) is 0 Å². The molecule has 0 aromatic rings. The van der Waals surface area contributed by atoms with Crippen LogP contribution in [0.5, 0.6) is 0 Å². The fourth-order valence-corrected chi connectivity index (χ4v) is 1.82. The Bertz CT molecular complexity index is 134. The van der Waals surface area contributed by atoms with Gasteiger partial charge in [-0.1, -0.05) is 13.8 Å². The van der Waals surface area contributed by atoms with Crippen molar-refractivity contribution in [3.8, 4) is 0 Å². The van der Waals surface area contributed by atoms with Crippen LogP contribution in [0.3, 0.4) is 0 Å². The number of nitrogens with one attached hydrogen (secondary N) is 1. The van der Waals surface area contributed by atoms with E-state index < -0.39 is 0 Å². The first-order valence-electron chi connectivity index (χ1n) is 5.65. The summed E-state index contributed by atoms with van der Waals surface area (Å²) >= 11 is 0. The lowest BCUT2D eigenvalue weighted by Crippen LogP contribution is -2.38. The Hall–Kier alpha value is -0.0800. The van der Waals surface area contributed by atoms with E-state index in [9.17, 15) is 0 Å². The summed E-state index contributed by atoms with van der Waals surface area (Å²) in [5.41, 5.74) is 0. The first-order valence-corrected chi connectivity index (χ1v) is 5.65. The largest absolute Gasteiger partial charge is 0.315 e. The summed E-state index contributed by atoms with van der Waals surface area (Å²) in [7, 11) is 0. The Labute approximate surface area is 82.7 Å². The summed E-state index contributed by atoms with van der Waals surface area (Å²) in [5, 5.41) is 3.47. The van der Waals surface area contributed by atoms with Gasteiger partial charge in [0.25, 0.3) is 0 Å². The van der Waals surface area contributed by atoms with Crippen LogP contribution in [0.2, 0.25) is 0 Å². The highest BCUT2D eigenvalue weighted by Gasteiger charge is 2.15. The average molecular weight is 184 g/mol. The minimum atomic E-state index is 0.723. The zero-order chi connectivity index (χ0) is 9.68. The third kappa shape index (κ3) is 4.10. The van der Waals surface area contributed by atoms with Crippen LogP contribution in [-0.2, 0) is 0 Å². The lowest BCUT2D eigenvalue weighted by atomic mass is 10.1. The first kappa shape index (κ1) is 11.0. The molecule has 0 spiro atoms. The summed E-state index contributed by atoms with van der Waals surface area (Å²) in [6.45, 7) is 11.9. The minimum Gasteiger partial charge on any atom is -0.315 e. The maximum absolute atomic E-state index is 3.47. The van der Waals surface area contributed by atoms with Crippen LogP contribution in [0.25, 0.3) is 0 Å². The molecule has 78 valence electrons. The molecule has 2 heteroatoms. The topological polar surface area (TPSA) is 15.3 Å². The van der Waals surface area contributed by atoms with Gasteiger partial charge >= 0.3 is 0 Å². The maximum Gasteiger partial charge on any atom is 0.0192 e. The smallest absolute Gasteiger partial charge is 0.0192 e. The molecule has 1 heterocycles. The van der Waals surface area contributed by atoms with Gasteiger partial charge in [0, 0.05) is 12.6 Å². The number of rotatable bonds is 3. The van der Waals surface area contributed by atoms with E-state index in [2.05, 4.69) is 31.0 Å². The van der Waals surface area contributed by atoms with E-state index >= 15 is 0 Å². The molecule has 0 aromatic heterocycles. The second kappa shape index (κ2) is 5.61. The molecular weight excluding hydrogens is 160 g/mol. The highest BCUT2D eigenvalue weighted by Crippen LogP contribution is 2.08. The van der Waals surface area contributed by atoms with Gasteiger partial charge in [-0.3, -0.25) is 4.90 Å². The van der Waals surface area contributed by atoms with Crippen molar-refractivity contribution in [2.45, 2.75) is 39.7 Å². The number of nitrogens with zero attached hydrogens (tertiary/aromatic N) is 1. The highest BCUT2D eigenvalue weighted by atomic mass is 15.2. The third-order valence-electron chi connectivity index (χ3n) is 2.86. The average Bonchev–Trinajstić information content (AvgIpc) is 2.27. The number of hydrogen-bond acceptors (Lipinski definition) is 2. The molecular formula is C11H24N2. The molecule has 1 aliphatic heterocycles. The normalized spacial score (nSPS) is 26.3. The van der Waals surface area contributed by atoms with Gasteiger partial charge in [-0.15, -0.1) is 0 Å². The molecule has 0 aromatic carbocycles. The Morgan fingerprint density at radius 2 is 2.23 bits per heavy atom. The third-order valence-corrected chi connectivity index (χ3v) is 2.86. The molecule has 1 saturated heterocycles. The molecule has 0 aliphatic carbocycles. The molecule has 0 bridgehead atoms. The van der Waals surface area contributed by atoms with Crippen molar-refractivity contribution in [3.63, 3.8) is 0 Å². The van der Waals surface area contributed by atoms with Crippen LogP contribution in [0.4, 0.5) is 0 Å². The van der Waals surface area contributed by atoms with E-state index in [-0.39, 0.29) is 0 Å². The van der Waals surface area contributed by atoms with Gasteiger partial charge in [0.2, 0.25) is 0 Å². The van der Waals surface area contributed by atoms with Crippen LogP contribution in [0.15, 0.2) is 0 Å². The lowest BCUT2D eigenvalue weighted by molar-refractivity contribution is 0.210. The van der Waals surface area contributed by atoms with E-state index in [1.807, 2.05) is 0 Å². The van der Waals surface area contributed by atoms with Crippen molar-refractivity contribution in [2.24, 2.45) is 5.92 Å². The van der Waals surface area contributed by atoms with Crippen LogP contribution >= 0.6 is 0 Å².